The summed E-state index contributed by atoms with van der Waals surface area (Å²) in [4.78, 5) is 2.58. The molecular formula is C15H22N2O. The summed E-state index contributed by atoms with van der Waals surface area (Å²) in [5, 5.41) is 3.74. The Morgan fingerprint density at radius 2 is 2.11 bits per heavy atom. The summed E-state index contributed by atoms with van der Waals surface area (Å²) in [5.74, 6) is 1.76. The highest BCUT2D eigenvalue weighted by atomic mass is 16.5. The third-order valence-corrected chi connectivity index (χ3v) is 4.42. The number of fused-ring (bicyclic) bond motifs is 2. The van der Waals surface area contributed by atoms with Crippen LogP contribution in [0.5, 0.6) is 5.75 Å². The zero-order valence-corrected chi connectivity index (χ0v) is 11.3. The molecule has 3 atom stereocenters. The van der Waals surface area contributed by atoms with Gasteiger partial charge in [-0.15, -0.1) is 0 Å². The molecule has 2 bridgehead atoms. The van der Waals surface area contributed by atoms with Gasteiger partial charge in [-0.3, -0.25) is 0 Å². The van der Waals surface area contributed by atoms with Crippen LogP contribution >= 0.6 is 0 Å². The van der Waals surface area contributed by atoms with Crippen molar-refractivity contribution in [2.24, 2.45) is 5.92 Å². The second-order valence-electron chi connectivity index (χ2n) is 5.57. The van der Waals surface area contributed by atoms with Gasteiger partial charge in [0.25, 0.3) is 0 Å². The van der Waals surface area contributed by atoms with Crippen molar-refractivity contribution in [1.29, 1.82) is 0 Å². The quantitative estimate of drug-likeness (QED) is 0.887. The molecule has 0 aromatic heterocycles. The van der Waals surface area contributed by atoms with Gasteiger partial charge in [0.2, 0.25) is 0 Å². The SMILES string of the molecule is COc1ccc(C)c(NC2CCN3CCC2C3)c1. The van der Waals surface area contributed by atoms with E-state index in [0.717, 1.165) is 11.7 Å². The number of methoxy groups -OCH3 is 1. The van der Waals surface area contributed by atoms with Crippen LogP contribution in [-0.4, -0.2) is 37.7 Å². The maximum Gasteiger partial charge on any atom is 0.120 e. The molecule has 2 heterocycles. The minimum absolute atomic E-state index is 0.634. The van der Waals surface area contributed by atoms with E-state index in [-0.39, 0.29) is 0 Å². The minimum atomic E-state index is 0.634. The first-order chi connectivity index (χ1) is 8.76. The minimum Gasteiger partial charge on any atom is -0.497 e. The first kappa shape index (κ1) is 11.8. The third-order valence-electron chi connectivity index (χ3n) is 4.42. The number of nitrogens with one attached hydrogen (secondary N) is 1. The van der Waals surface area contributed by atoms with Gasteiger partial charge in [0.1, 0.15) is 5.75 Å². The summed E-state index contributed by atoms with van der Waals surface area (Å²) in [5.41, 5.74) is 2.54. The predicted octanol–water partition coefficient (Wildman–Crippen LogP) is 2.51. The number of rotatable bonds is 3. The van der Waals surface area contributed by atoms with E-state index in [1.165, 1.54) is 43.7 Å². The predicted molar refractivity (Wildman–Crippen MR) is 74.3 cm³/mol. The smallest absolute Gasteiger partial charge is 0.120 e. The van der Waals surface area contributed by atoms with Crippen molar-refractivity contribution in [2.45, 2.75) is 25.8 Å². The molecule has 3 rings (SSSR count). The molecule has 3 nitrogen and oxygen atoms in total. The van der Waals surface area contributed by atoms with Gasteiger partial charge in [-0.05, 0) is 43.9 Å². The highest BCUT2D eigenvalue weighted by Gasteiger charge is 2.34. The van der Waals surface area contributed by atoms with Crippen molar-refractivity contribution in [3.8, 4) is 5.75 Å². The van der Waals surface area contributed by atoms with Gasteiger partial charge in [-0.25, -0.2) is 0 Å². The zero-order chi connectivity index (χ0) is 12.5. The fourth-order valence-corrected chi connectivity index (χ4v) is 3.22. The Labute approximate surface area is 109 Å². The van der Waals surface area contributed by atoms with E-state index >= 15 is 0 Å². The van der Waals surface area contributed by atoms with Crippen molar-refractivity contribution >= 4 is 5.69 Å². The largest absolute Gasteiger partial charge is 0.497 e. The van der Waals surface area contributed by atoms with Crippen molar-refractivity contribution in [1.82, 2.24) is 4.90 Å². The van der Waals surface area contributed by atoms with E-state index in [9.17, 15) is 0 Å². The van der Waals surface area contributed by atoms with Crippen LogP contribution in [0.25, 0.3) is 0 Å². The van der Waals surface area contributed by atoms with Crippen LogP contribution in [0, 0.1) is 12.8 Å². The Morgan fingerprint density at radius 1 is 1.28 bits per heavy atom. The van der Waals surface area contributed by atoms with Crippen LogP contribution in [0.2, 0.25) is 0 Å². The van der Waals surface area contributed by atoms with E-state index in [1.54, 1.807) is 7.11 Å². The summed E-state index contributed by atoms with van der Waals surface area (Å²) in [6.07, 6.45) is 2.61. The average Bonchev–Trinajstić information content (AvgIpc) is 2.78. The Bertz CT molecular complexity index is 433. The zero-order valence-electron chi connectivity index (χ0n) is 11.3. The number of benzene rings is 1. The topological polar surface area (TPSA) is 24.5 Å². The lowest BCUT2D eigenvalue weighted by molar-refractivity contribution is 0.255. The summed E-state index contributed by atoms with van der Waals surface area (Å²) in [6.45, 7) is 5.98. The van der Waals surface area contributed by atoms with Crippen molar-refractivity contribution < 1.29 is 4.74 Å². The molecule has 3 unspecified atom stereocenters. The summed E-state index contributed by atoms with van der Waals surface area (Å²) in [7, 11) is 1.73. The molecule has 98 valence electrons. The highest BCUT2D eigenvalue weighted by Crippen LogP contribution is 2.31. The van der Waals surface area contributed by atoms with Crippen LogP contribution in [0.4, 0.5) is 5.69 Å². The fourth-order valence-electron chi connectivity index (χ4n) is 3.22. The van der Waals surface area contributed by atoms with Gasteiger partial charge in [-0.2, -0.15) is 0 Å². The number of hydrogen-bond acceptors (Lipinski definition) is 3. The lowest BCUT2D eigenvalue weighted by Crippen LogP contribution is -2.39. The third kappa shape index (κ3) is 2.19. The molecule has 2 fully saturated rings. The van der Waals surface area contributed by atoms with Crippen molar-refractivity contribution in [3.63, 3.8) is 0 Å². The Morgan fingerprint density at radius 3 is 2.94 bits per heavy atom. The molecule has 0 saturated carbocycles. The first-order valence-corrected chi connectivity index (χ1v) is 6.90. The van der Waals surface area contributed by atoms with Crippen molar-refractivity contribution in [3.05, 3.63) is 23.8 Å². The maximum absolute atomic E-state index is 5.31. The lowest BCUT2D eigenvalue weighted by atomic mass is 9.93. The van der Waals surface area contributed by atoms with Crippen LogP contribution in [0.1, 0.15) is 18.4 Å². The molecule has 18 heavy (non-hydrogen) atoms. The van der Waals surface area contributed by atoms with E-state index in [0.29, 0.717) is 6.04 Å². The second kappa shape index (κ2) is 4.81. The number of piperidine rings is 1. The highest BCUT2D eigenvalue weighted by molar-refractivity contribution is 5.55. The van der Waals surface area contributed by atoms with E-state index in [1.807, 2.05) is 6.07 Å². The number of anilines is 1. The number of aryl methyl sites for hydroxylation is 1. The maximum atomic E-state index is 5.31. The first-order valence-electron chi connectivity index (χ1n) is 6.90. The standard InChI is InChI=1S/C15H22N2O/c1-11-3-4-13(18-2)9-15(11)16-14-6-8-17-7-5-12(14)10-17/h3-4,9,12,14,16H,5-8,10H2,1-2H3. The fraction of sp³-hybridized carbons (Fsp3) is 0.600. The Hall–Kier alpha value is -1.22. The van der Waals surface area contributed by atoms with Gasteiger partial charge in [0, 0.05) is 30.9 Å². The van der Waals surface area contributed by atoms with E-state index in [4.69, 9.17) is 4.74 Å². The van der Waals surface area contributed by atoms with Crippen LogP contribution in [0.3, 0.4) is 0 Å². The monoisotopic (exact) mass is 246 g/mol. The summed E-state index contributed by atoms with van der Waals surface area (Å²) >= 11 is 0. The number of ether oxygens (including phenoxy) is 1. The summed E-state index contributed by atoms with van der Waals surface area (Å²) in [6, 6.07) is 6.91. The van der Waals surface area contributed by atoms with Gasteiger partial charge < -0.3 is 15.0 Å². The Balaban J connectivity index is 1.75. The van der Waals surface area contributed by atoms with Gasteiger partial charge in [0.15, 0.2) is 0 Å². The van der Waals surface area contributed by atoms with Gasteiger partial charge in [-0.1, -0.05) is 6.07 Å². The van der Waals surface area contributed by atoms with Crippen LogP contribution in [0.15, 0.2) is 18.2 Å². The van der Waals surface area contributed by atoms with Gasteiger partial charge >= 0.3 is 0 Å². The molecule has 2 aliphatic rings. The molecule has 0 spiro atoms. The number of nitrogens with zero attached hydrogens (tertiary/aromatic N) is 1. The molecule has 1 aromatic carbocycles. The summed E-state index contributed by atoms with van der Waals surface area (Å²) < 4.78 is 5.31. The van der Waals surface area contributed by atoms with Crippen LogP contribution < -0.4 is 10.1 Å². The molecule has 1 N–H and O–H groups in total. The second-order valence-corrected chi connectivity index (χ2v) is 5.57. The molecule has 0 aliphatic carbocycles. The molecule has 3 heteroatoms. The van der Waals surface area contributed by atoms with Crippen LogP contribution in [-0.2, 0) is 0 Å². The normalized spacial score (nSPS) is 30.2. The number of hydrogen-bond donors (Lipinski definition) is 1. The van der Waals surface area contributed by atoms with E-state index in [2.05, 4.69) is 29.3 Å². The Kier molecular flexibility index (Phi) is 3.16. The average molecular weight is 246 g/mol. The molecule has 2 saturated heterocycles. The molecule has 2 aliphatic heterocycles. The van der Waals surface area contributed by atoms with E-state index < -0.39 is 0 Å². The molecule has 0 amide bonds. The van der Waals surface area contributed by atoms with Gasteiger partial charge in [0.05, 0.1) is 7.11 Å². The van der Waals surface area contributed by atoms with Crippen molar-refractivity contribution in [2.75, 3.05) is 32.1 Å². The lowest BCUT2D eigenvalue weighted by Gasteiger charge is -2.32. The molecular weight excluding hydrogens is 224 g/mol. The molecule has 1 aromatic rings. The molecule has 0 radical (unpaired) electrons.